The van der Waals surface area contributed by atoms with E-state index in [1.54, 1.807) is 18.2 Å². The first-order valence-corrected chi connectivity index (χ1v) is 7.64. The molecule has 0 aliphatic carbocycles. The predicted octanol–water partition coefficient (Wildman–Crippen LogP) is 3.88. The molecule has 0 heterocycles. The Morgan fingerprint density at radius 1 is 1.24 bits per heavy atom. The Balaban J connectivity index is 2.13. The first-order chi connectivity index (χ1) is 11.7. The summed E-state index contributed by atoms with van der Waals surface area (Å²) in [4.78, 5) is 12.2. The number of carbonyl (C=O) groups excluding carboxylic acids is 1. The number of amides is 1. The summed E-state index contributed by atoms with van der Waals surface area (Å²) in [7, 11) is 0. The Bertz CT molecular complexity index is 760. The Hall–Kier alpha value is -2.54. The largest absolute Gasteiger partial charge is 0.481 e. The van der Waals surface area contributed by atoms with E-state index in [0.717, 1.165) is 17.7 Å². The molecule has 4 nitrogen and oxygen atoms in total. The van der Waals surface area contributed by atoms with Crippen molar-refractivity contribution in [3.8, 4) is 5.75 Å². The van der Waals surface area contributed by atoms with Crippen molar-refractivity contribution in [2.45, 2.75) is 32.7 Å². The fraction of sp³-hybridized carbons (Fsp3) is 0.278. The minimum atomic E-state index is -4.52. The lowest BCUT2D eigenvalue weighted by molar-refractivity contribution is -0.137. The van der Waals surface area contributed by atoms with Gasteiger partial charge in [0.15, 0.2) is 6.10 Å². The van der Waals surface area contributed by atoms with E-state index in [-0.39, 0.29) is 17.8 Å². The Labute approximate surface area is 143 Å². The van der Waals surface area contributed by atoms with Crippen LogP contribution in [0.4, 0.5) is 18.9 Å². The molecule has 25 heavy (non-hydrogen) atoms. The summed E-state index contributed by atoms with van der Waals surface area (Å²) in [5.41, 5.74) is 5.84. The molecule has 1 unspecified atom stereocenters. The van der Waals surface area contributed by atoms with Crippen LogP contribution in [0.2, 0.25) is 0 Å². The number of hydrogen-bond donors (Lipinski definition) is 2. The molecule has 134 valence electrons. The molecule has 0 bridgehead atoms. The third-order valence-corrected chi connectivity index (χ3v) is 3.49. The first-order valence-electron chi connectivity index (χ1n) is 7.64. The van der Waals surface area contributed by atoms with Gasteiger partial charge < -0.3 is 15.8 Å². The van der Waals surface area contributed by atoms with Crippen molar-refractivity contribution in [3.05, 3.63) is 59.2 Å². The maximum absolute atomic E-state index is 12.9. The molecule has 0 radical (unpaired) electrons. The molecular weight excluding hydrogens is 333 g/mol. The summed E-state index contributed by atoms with van der Waals surface area (Å²) in [5, 5.41) is 2.44. The van der Waals surface area contributed by atoms with Crippen LogP contribution >= 0.6 is 0 Å². The number of benzene rings is 2. The Morgan fingerprint density at radius 2 is 1.96 bits per heavy atom. The zero-order chi connectivity index (χ0) is 18.6. The normalized spacial score (nSPS) is 12.6. The number of anilines is 1. The number of aryl methyl sites for hydroxylation is 1. The van der Waals surface area contributed by atoms with Gasteiger partial charge in [-0.3, -0.25) is 4.79 Å². The minimum absolute atomic E-state index is 0.0277. The quantitative estimate of drug-likeness (QED) is 0.858. The van der Waals surface area contributed by atoms with E-state index < -0.39 is 23.8 Å². The van der Waals surface area contributed by atoms with Gasteiger partial charge in [-0.1, -0.05) is 12.1 Å². The number of nitrogens with one attached hydrogen (secondary N) is 1. The van der Waals surface area contributed by atoms with E-state index in [1.165, 1.54) is 13.0 Å². The van der Waals surface area contributed by atoms with Crippen molar-refractivity contribution >= 4 is 11.6 Å². The van der Waals surface area contributed by atoms with Crippen LogP contribution in [0.25, 0.3) is 0 Å². The molecule has 3 N–H and O–H groups in total. The van der Waals surface area contributed by atoms with Crippen LogP contribution in [0, 0.1) is 6.92 Å². The van der Waals surface area contributed by atoms with Gasteiger partial charge in [0, 0.05) is 12.2 Å². The lowest BCUT2D eigenvalue weighted by Crippen LogP contribution is -2.30. The second-order valence-electron chi connectivity index (χ2n) is 5.69. The van der Waals surface area contributed by atoms with Gasteiger partial charge in [-0.2, -0.15) is 13.2 Å². The fourth-order valence-electron chi connectivity index (χ4n) is 2.24. The summed E-state index contributed by atoms with van der Waals surface area (Å²) in [5.74, 6) is -0.0434. The van der Waals surface area contributed by atoms with Crippen LogP contribution in [0.5, 0.6) is 5.75 Å². The third-order valence-electron chi connectivity index (χ3n) is 3.49. The summed E-state index contributed by atoms with van der Waals surface area (Å²) in [6.07, 6.45) is -5.40. The number of nitrogens with two attached hydrogens (primary N) is 1. The van der Waals surface area contributed by atoms with Gasteiger partial charge in [-0.15, -0.1) is 0 Å². The monoisotopic (exact) mass is 352 g/mol. The van der Waals surface area contributed by atoms with Crippen LogP contribution in [0.1, 0.15) is 23.6 Å². The zero-order valence-corrected chi connectivity index (χ0v) is 13.9. The van der Waals surface area contributed by atoms with Crippen LogP contribution in [-0.4, -0.2) is 12.0 Å². The number of halogens is 3. The van der Waals surface area contributed by atoms with Crippen molar-refractivity contribution in [1.29, 1.82) is 0 Å². The van der Waals surface area contributed by atoms with Gasteiger partial charge in [0.05, 0.1) is 5.56 Å². The highest BCUT2D eigenvalue weighted by Crippen LogP contribution is 2.32. The van der Waals surface area contributed by atoms with E-state index in [4.69, 9.17) is 10.5 Å². The predicted molar refractivity (Wildman–Crippen MR) is 89.2 cm³/mol. The highest BCUT2D eigenvalue weighted by atomic mass is 19.4. The second kappa shape index (κ2) is 7.57. The van der Waals surface area contributed by atoms with E-state index in [2.05, 4.69) is 5.32 Å². The number of hydrogen-bond acceptors (Lipinski definition) is 3. The smallest absolute Gasteiger partial charge is 0.416 e. The molecule has 0 saturated heterocycles. The zero-order valence-electron chi connectivity index (χ0n) is 13.9. The number of rotatable bonds is 5. The van der Waals surface area contributed by atoms with E-state index in [0.29, 0.717) is 5.75 Å². The number of alkyl halides is 3. The van der Waals surface area contributed by atoms with E-state index in [9.17, 15) is 18.0 Å². The van der Waals surface area contributed by atoms with Crippen LogP contribution in [-0.2, 0) is 17.5 Å². The lowest BCUT2D eigenvalue weighted by Gasteiger charge is -2.16. The highest BCUT2D eigenvalue weighted by Gasteiger charge is 2.31. The molecule has 2 rings (SSSR count). The van der Waals surface area contributed by atoms with Gasteiger partial charge in [0.1, 0.15) is 5.75 Å². The first kappa shape index (κ1) is 18.8. The highest BCUT2D eigenvalue weighted by molar-refractivity contribution is 5.94. The van der Waals surface area contributed by atoms with Gasteiger partial charge >= 0.3 is 6.18 Å². The molecular formula is C18H19F3N2O2. The van der Waals surface area contributed by atoms with Crippen LogP contribution in [0.3, 0.4) is 0 Å². The van der Waals surface area contributed by atoms with Crippen molar-refractivity contribution in [2.75, 3.05) is 5.32 Å². The molecule has 0 saturated carbocycles. The van der Waals surface area contributed by atoms with E-state index >= 15 is 0 Å². The molecule has 2 aromatic rings. The Kier molecular flexibility index (Phi) is 5.69. The summed E-state index contributed by atoms with van der Waals surface area (Å²) < 4.78 is 44.3. The average molecular weight is 352 g/mol. The molecule has 7 heteroatoms. The summed E-state index contributed by atoms with van der Waals surface area (Å²) in [6, 6.07) is 10.4. The molecule has 2 aromatic carbocycles. The lowest BCUT2D eigenvalue weighted by atomic mass is 10.1. The van der Waals surface area contributed by atoms with Crippen molar-refractivity contribution < 1.29 is 22.7 Å². The topological polar surface area (TPSA) is 64.3 Å². The minimum Gasteiger partial charge on any atom is -0.481 e. The van der Waals surface area contributed by atoms with Crippen LogP contribution < -0.4 is 15.8 Å². The van der Waals surface area contributed by atoms with Gasteiger partial charge in [0.25, 0.3) is 5.91 Å². The maximum atomic E-state index is 12.9. The molecule has 0 aliphatic rings. The van der Waals surface area contributed by atoms with Gasteiger partial charge in [-0.25, -0.2) is 0 Å². The summed E-state index contributed by atoms with van der Waals surface area (Å²) in [6.45, 7) is 3.34. The number of ether oxygens (including phenoxy) is 1. The molecule has 0 aromatic heterocycles. The molecule has 0 spiro atoms. The standard InChI is InChI=1S/C18H19F3N2O2/c1-11-4-3-5-16(6-11)25-12(2)17(24)23-15-8-13(10-22)7-14(9-15)18(19,20)21/h3-9,12H,10,22H2,1-2H3,(H,23,24). The van der Waals surface area contributed by atoms with Crippen LogP contribution in [0.15, 0.2) is 42.5 Å². The average Bonchev–Trinajstić information content (AvgIpc) is 2.53. The summed E-state index contributed by atoms with van der Waals surface area (Å²) >= 11 is 0. The SMILES string of the molecule is Cc1cccc(OC(C)C(=O)Nc2cc(CN)cc(C(F)(F)F)c2)c1. The van der Waals surface area contributed by atoms with Crippen molar-refractivity contribution in [2.24, 2.45) is 5.73 Å². The maximum Gasteiger partial charge on any atom is 0.416 e. The third kappa shape index (κ3) is 5.22. The number of carbonyl (C=O) groups is 1. The van der Waals surface area contributed by atoms with Crippen molar-refractivity contribution in [1.82, 2.24) is 0 Å². The van der Waals surface area contributed by atoms with Gasteiger partial charge in [0.2, 0.25) is 0 Å². The van der Waals surface area contributed by atoms with Crippen molar-refractivity contribution in [3.63, 3.8) is 0 Å². The molecule has 0 fully saturated rings. The second-order valence-corrected chi connectivity index (χ2v) is 5.69. The van der Waals surface area contributed by atoms with Gasteiger partial charge in [-0.05, 0) is 55.3 Å². The Morgan fingerprint density at radius 3 is 2.56 bits per heavy atom. The molecule has 1 amide bonds. The fourth-order valence-corrected chi connectivity index (χ4v) is 2.24. The van der Waals surface area contributed by atoms with E-state index in [1.807, 2.05) is 13.0 Å². The molecule has 1 atom stereocenters. The molecule has 0 aliphatic heterocycles.